The van der Waals surface area contributed by atoms with E-state index in [9.17, 15) is 8.42 Å². The normalized spacial score (nSPS) is 22.9. The summed E-state index contributed by atoms with van der Waals surface area (Å²) in [4.78, 5) is 0.310. The molecule has 1 aromatic rings. The van der Waals surface area contributed by atoms with Crippen LogP contribution in [0.5, 0.6) is 0 Å². The number of ether oxygens (including phenoxy) is 1. The molecule has 21 heavy (non-hydrogen) atoms. The van der Waals surface area contributed by atoms with Gasteiger partial charge in [0.1, 0.15) is 0 Å². The monoisotopic (exact) mass is 312 g/mol. The van der Waals surface area contributed by atoms with Gasteiger partial charge >= 0.3 is 0 Å². The van der Waals surface area contributed by atoms with Gasteiger partial charge in [-0.1, -0.05) is 26.0 Å². The van der Waals surface area contributed by atoms with E-state index < -0.39 is 10.0 Å². The minimum atomic E-state index is -3.50. The zero-order valence-electron chi connectivity index (χ0n) is 12.8. The fourth-order valence-electron chi connectivity index (χ4n) is 2.30. The van der Waals surface area contributed by atoms with Crippen molar-refractivity contribution in [2.75, 3.05) is 6.61 Å². The first-order chi connectivity index (χ1) is 9.88. The van der Waals surface area contributed by atoms with Gasteiger partial charge in [-0.2, -0.15) is 0 Å². The smallest absolute Gasteiger partial charge is 0.240 e. The Labute approximate surface area is 127 Å². The van der Waals surface area contributed by atoms with E-state index in [2.05, 4.69) is 23.9 Å². The summed E-state index contributed by atoms with van der Waals surface area (Å²) in [5, 5.41) is 3.29. The standard InChI is InChI=1S/C15H24N2O3S/c1-11(2)16-10-13-5-4-6-14(9-13)21(18,19)17-15-7-8-20-12(15)3/h4-6,9,11-12,15-17H,7-8,10H2,1-3H3. The van der Waals surface area contributed by atoms with Gasteiger partial charge in [0.25, 0.3) is 0 Å². The number of benzene rings is 1. The van der Waals surface area contributed by atoms with Crippen LogP contribution in [0, 0.1) is 0 Å². The van der Waals surface area contributed by atoms with Crippen molar-refractivity contribution in [1.29, 1.82) is 0 Å². The largest absolute Gasteiger partial charge is 0.377 e. The quantitative estimate of drug-likeness (QED) is 0.838. The van der Waals surface area contributed by atoms with Gasteiger partial charge in [0.2, 0.25) is 10.0 Å². The van der Waals surface area contributed by atoms with Crippen molar-refractivity contribution < 1.29 is 13.2 Å². The minimum absolute atomic E-state index is 0.0782. The third kappa shape index (κ3) is 4.51. The van der Waals surface area contributed by atoms with Crippen molar-refractivity contribution in [2.24, 2.45) is 0 Å². The molecule has 1 aromatic carbocycles. The van der Waals surface area contributed by atoms with Crippen molar-refractivity contribution in [3.8, 4) is 0 Å². The Morgan fingerprint density at radius 2 is 2.14 bits per heavy atom. The third-order valence-electron chi connectivity index (χ3n) is 3.61. The summed E-state index contributed by atoms with van der Waals surface area (Å²) >= 11 is 0. The first-order valence-electron chi connectivity index (χ1n) is 7.35. The van der Waals surface area contributed by atoms with Crippen LogP contribution in [0.1, 0.15) is 32.8 Å². The maximum atomic E-state index is 12.4. The lowest BCUT2D eigenvalue weighted by atomic mass is 10.2. The van der Waals surface area contributed by atoms with Gasteiger partial charge in [-0.3, -0.25) is 0 Å². The lowest BCUT2D eigenvalue weighted by Crippen LogP contribution is -2.39. The zero-order valence-corrected chi connectivity index (χ0v) is 13.6. The Bertz CT molecular complexity index is 572. The molecule has 1 fully saturated rings. The Morgan fingerprint density at radius 3 is 2.76 bits per heavy atom. The lowest BCUT2D eigenvalue weighted by molar-refractivity contribution is 0.117. The Hall–Kier alpha value is -0.950. The number of sulfonamides is 1. The number of rotatable bonds is 6. The molecule has 6 heteroatoms. The third-order valence-corrected chi connectivity index (χ3v) is 5.09. The van der Waals surface area contributed by atoms with Crippen LogP contribution in [0.4, 0.5) is 0 Å². The van der Waals surface area contributed by atoms with Gasteiger partial charge in [0.15, 0.2) is 0 Å². The summed E-state index contributed by atoms with van der Waals surface area (Å²) in [5.41, 5.74) is 0.960. The second kappa shape index (κ2) is 6.87. The molecule has 2 unspecified atom stereocenters. The molecule has 1 heterocycles. The zero-order chi connectivity index (χ0) is 15.5. The molecule has 0 spiro atoms. The van der Waals surface area contributed by atoms with E-state index in [1.54, 1.807) is 18.2 Å². The van der Waals surface area contributed by atoms with Crippen molar-refractivity contribution >= 4 is 10.0 Å². The van der Waals surface area contributed by atoms with Crippen LogP contribution in [0.15, 0.2) is 29.2 Å². The van der Waals surface area contributed by atoms with Gasteiger partial charge in [0, 0.05) is 19.2 Å². The van der Waals surface area contributed by atoms with Crippen LogP contribution in [0.2, 0.25) is 0 Å². The van der Waals surface area contributed by atoms with Crippen molar-refractivity contribution in [3.05, 3.63) is 29.8 Å². The predicted molar refractivity (Wildman–Crippen MR) is 82.6 cm³/mol. The number of hydrogen-bond donors (Lipinski definition) is 2. The molecular formula is C15H24N2O3S. The highest BCUT2D eigenvalue weighted by Crippen LogP contribution is 2.17. The molecule has 1 aliphatic heterocycles. The van der Waals surface area contributed by atoms with Crippen LogP contribution >= 0.6 is 0 Å². The molecular weight excluding hydrogens is 288 g/mol. The van der Waals surface area contributed by atoms with Crippen LogP contribution in [-0.2, 0) is 21.3 Å². The molecule has 0 radical (unpaired) electrons. The Morgan fingerprint density at radius 1 is 1.38 bits per heavy atom. The molecule has 5 nitrogen and oxygen atoms in total. The molecule has 1 saturated heterocycles. The molecule has 1 aliphatic rings. The van der Waals surface area contributed by atoms with Crippen LogP contribution in [-0.4, -0.2) is 33.2 Å². The molecule has 0 amide bonds. The van der Waals surface area contributed by atoms with Crippen molar-refractivity contribution in [3.63, 3.8) is 0 Å². The maximum Gasteiger partial charge on any atom is 0.240 e. The molecule has 118 valence electrons. The van der Waals surface area contributed by atoms with Crippen LogP contribution in [0.3, 0.4) is 0 Å². The summed E-state index contributed by atoms with van der Waals surface area (Å²) in [6.45, 7) is 7.27. The fourth-order valence-corrected chi connectivity index (χ4v) is 3.71. The predicted octanol–water partition coefficient (Wildman–Crippen LogP) is 1.64. The van der Waals surface area contributed by atoms with E-state index in [1.165, 1.54) is 0 Å². The van der Waals surface area contributed by atoms with Gasteiger partial charge < -0.3 is 10.1 Å². The SMILES string of the molecule is CC(C)NCc1cccc(S(=O)(=O)NC2CCOC2C)c1. The number of hydrogen-bond acceptors (Lipinski definition) is 4. The molecule has 0 aliphatic carbocycles. The van der Waals surface area contributed by atoms with Gasteiger partial charge in [-0.15, -0.1) is 0 Å². The Balaban J connectivity index is 2.10. The highest BCUT2D eigenvalue weighted by Gasteiger charge is 2.29. The molecule has 0 bridgehead atoms. The summed E-state index contributed by atoms with van der Waals surface area (Å²) in [5.74, 6) is 0. The van der Waals surface area contributed by atoms with Crippen LogP contribution < -0.4 is 10.0 Å². The van der Waals surface area contributed by atoms with Crippen molar-refractivity contribution in [2.45, 2.75) is 56.8 Å². The molecule has 2 N–H and O–H groups in total. The molecule has 0 aromatic heterocycles. The first-order valence-corrected chi connectivity index (χ1v) is 8.83. The summed E-state index contributed by atoms with van der Waals surface area (Å²) in [7, 11) is -3.50. The lowest BCUT2D eigenvalue weighted by Gasteiger charge is -2.16. The maximum absolute atomic E-state index is 12.4. The Kier molecular flexibility index (Phi) is 5.37. The molecule has 2 atom stereocenters. The average molecular weight is 312 g/mol. The van der Waals surface area contributed by atoms with E-state index >= 15 is 0 Å². The summed E-state index contributed by atoms with van der Waals surface area (Å²) < 4.78 is 33.0. The summed E-state index contributed by atoms with van der Waals surface area (Å²) in [6.07, 6.45) is 0.639. The first kappa shape index (κ1) is 16.4. The van der Waals surface area contributed by atoms with Gasteiger partial charge in [0.05, 0.1) is 17.0 Å². The second-order valence-electron chi connectivity index (χ2n) is 5.78. The molecule has 2 rings (SSSR count). The van der Waals surface area contributed by atoms with E-state index in [-0.39, 0.29) is 12.1 Å². The topological polar surface area (TPSA) is 67.4 Å². The van der Waals surface area contributed by atoms with E-state index in [1.807, 2.05) is 13.0 Å². The highest BCUT2D eigenvalue weighted by molar-refractivity contribution is 7.89. The summed E-state index contributed by atoms with van der Waals surface area (Å²) in [6, 6.07) is 7.27. The van der Waals surface area contributed by atoms with E-state index in [0.29, 0.717) is 24.1 Å². The minimum Gasteiger partial charge on any atom is -0.377 e. The number of nitrogens with one attached hydrogen (secondary N) is 2. The van der Waals surface area contributed by atoms with E-state index in [0.717, 1.165) is 12.0 Å². The average Bonchev–Trinajstić information content (AvgIpc) is 2.82. The van der Waals surface area contributed by atoms with Crippen LogP contribution in [0.25, 0.3) is 0 Å². The van der Waals surface area contributed by atoms with Gasteiger partial charge in [-0.05, 0) is 31.0 Å². The fraction of sp³-hybridized carbons (Fsp3) is 0.600. The van der Waals surface area contributed by atoms with E-state index in [4.69, 9.17) is 4.74 Å². The molecule has 0 saturated carbocycles. The highest BCUT2D eigenvalue weighted by atomic mass is 32.2. The second-order valence-corrected chi connectivity index (χ2v) is 7.49. The van der Waals surface area contributed by atoms with Gasteiger partial charge in [-0.25, -0.2) is 13.1 Å². The van der Waals surface area contributed by atoms with Crippen molar-refractivity contribution in [1.82, 2.24) is 10.0 Å².